The van der Waals surface area contributed by atoms with Gasteiger partial charge in [-0.05, 0) is 42.9 Å². The van der Waals surface area contributed by atoms with E-state index in [0.717, 1.165) is 38.4 Å². The van der Waals surface area contributed by atoms with Crippen LogP contribution in [0.5, 0.6) is 0 Å². The third-order valence-corrected chi connectivity index (χ3v) is 5.84. The first-order chi connectivity index (χ1) is 12.0. The quantitative estimate of drug-likeness (QED) is 0.746. The van der Waals surface area contributed by atoms with Crippen LogP contribution in [0.2, 0.25) is 0 Å². The molecule has 2 amide bonds. The van der Waals surface area contributed by atoms with Crippen LogP contribution in [-0.2, 0) is 14.3 Å². The molecule has 2 aliphatic carbocycles. The van der Waals surface area contributed by atoms with Gasteiger partial charge in [0, 0.05) is 6.54 Å². The average Bonchev–Trinajstić information content (AvgIpc) is 3.28. The Balaban J connectivity index is 1.68. The summed E-state index contributed by atoms with van der Waals surface area (Å²) < 4.78 is 5.23. The molecule has 2 saturated carbocycles. The van der Waals surface area contributed by atoms with Crippen LogP contribution in [0.25, 0.3) is 0 Å². The molecule has 1 saturated heterocycles. The number of aldehydes is 1. The summed E-state index contributed by atoms with van der Waals surface area (Å²) in [6.07, 6.45) is 6.65. The van der Waals surface area contributed by atoms with Gasteiger partial charge in [-0.1, -0.05) is 33.1 Å². The van der Waals surface area contributed by atoms with Crippen LogP contribution < -0.4 is 5.32 Å². The number of amides is 2. The highest BCUT2D eigenvalue weighted by Crippen LogP contribution is 2.49. The van der Waals surface area contributed by atoms with Gasteiger partial charge in [-0.3, -0.25) is 4.79 Å². The molecule has 0 radical (unpaired) electrons. The third kappa shape index (κ3) is 4.15. The van der Waals surface area contributed by atoms with Crippen molar-refractivity contribution in [3.8, 4) is 0 Å². The highest BCUT2D eigenvalue weighted by atomic mass is 16.5. The fourth-order valence-corrected chi connectivity index (χ4v) is 4.35. The molecule has 0 unspecified atom stereocenters. The first-order valence-electron chi connectivity index (χ1n) is 9.70. The van der Waals surface area contributed by atoms with Gasteiger partial charge in [-0.2, -0.15) is 0 Å². The number of alkyl carbamates (subject to hydrolysis) is 1. The minimum absolute atomic E-state index is 0.0994. The standard InChI is InChI=1S/C19H30N2O4/c1-12(2)11-25-19(24)20-17(13-6-4-3-5-7-13)18(23)21-9-14-8-15(14)16(21)10-22/h10,12-17H,3-9,11H2,1-2H3,(H,20,24)/t14-,15-,16+,17-/m0/s1. The summed E-state index contributed by atoms with van der Waals surface area (Å²) in [4.78, 5) is 38.5. The van der Waals surface area contributed by atoms with Crippen LogP contribution in [0.4, 0.5) is 4.79 Å². The predicted octanol–water partition coefficient (Wildman–Crippen LogP) is 2.36. The number of nitrogens with one attached hydrogen (secondary N) is 1. The molecule has 25 heavy (non-hydrogen) atoms. The molecular weight excluding hydrogens is 320 g/mol. The van der Waals surface area contributed by atoms with Crippen molar-refractivity contribution in [3.63, 3.8) is 0 Å². The maximum Gasteiger partial charge on any atom is 0.407 e. The zero-order chi connectivity index (χ0) is 18.0. The number of nitrogens with zero attached hydrogens (tertiary/aromatic N) is 1. The molecule has 4 atom stereocenters. The fraction of sp³-hybridized carbons (Fsp3) is 0.842. The van der Waals surface area contributed by atoms with Gasteiger partial charge in [0.1, 0.15) is 12.3 Å². The lowest BCUT2D eigenvalue weighted by atomic mass is 9.83. The van der Waals surface area contributed by atoms with Gasteiger partial charge in [-0.15, -0.1) is 0 Å². The molecule has 6 heteroatoms. The topological polar surface area (TPSA) is 75.7 Å². The Hall–Kier alpha value is -1.59. The van der Waals surface area contributed by atoms with Crippen molar-refractivity contribution in [2.45, 2.75) is 64.5 Å². The zero-order valence-electron chi connectivity index (χ0n) is 15.3. The summed E-state index contributed by atoms with van der Waals surface area (Å²) in [7, 11) is 0. The number of ether oxygens (including phenoxy) is 1. The van der Waals surface area contributed by atoms with Crippen molar-refractivity contribution in [2.75, 3.05) is 13.2 Å². The van der Waals surface area contributed by atoms with E-state index in [9.17, 15) is 14.4 Å². The van der Waals surface area contributed by atoms with Gasteiger partial charge in [0.25, 0.3) is 0 Å². The molecule has 0 bridgehead atoms. The van der Waals surface area contributed by atoms with Crippen molar-refractivity contribution in [1.82, 2.24) is 10.2 Å². The number of hydrogen-bond donors (Lipinski definition) is 1. The SMILES string of the molecule is CC(C)COC(=O)N[C@H](C(=O)N1C[C@@H]2C[C@@H]2[C@H]1C=O)C1CCCCC1. The monoisotopic (exact) mass is 350 g/mol. The van der Waals surface area contributed by atoms with E-state index in [4.69, 9.17) is 4.74 Å². The van der Waals surface area contributed by atoms with Gasteiger partial charge >= 0.3 is 6.09 Å². The van der Waals surface area contributed by atoms with E-state index >= 15 is 0 Å². The van der Waals surface area contributed by atoms with Crippen LogP contribution >= 0.6 is 0 Å². The molecule has 1 aliphatic heterocycles. The van der Waals surface area contributed by atoms with Crippen LogP contribution in [-0.4, -0.2) is 48.4 Å². The molecule has 3 rings (SSSR count). The Morgan fingerprint density at radius 1 is 1.24 bits per heavy atom. The van der Waals surface area contributed by atoms with Crippen LogP contribution in [0.15, 0.2) is 0 Å². The predicted molar refractivity (Wildman–Crippen MR) is 92.8 cm³/mol. The molecule has 140 valence electrons. The van der Waals surface area contributed by atoms with E-state index in [2.05, 4.69) is 5.32 Å². The number of fused-ring (bicyclic) bond motifs is 1. The lowest BCUT2D eigenvalue weighted by molar-refractivity contribution is -0.139. The first kappa shape index (κ1) is 18.2. The zero-order valence-corrected chi connectivity index (χ0v) is 15.3. The minimum atomic E-state index is -0.570. The lowest BCUT2D eigenvalue weighted by Gasteiger charge is -2.34. The normalized spacial score (nSPS) is 29.9. The Bertz CT molecular complexity index is 516. The molecule has 1 N–H and O–H groups in total. The molecule has 1 heterocycles. The van der Waals surface area contributed by atoms with E-state index in [1.54, 1.807) is 4.90 Å². The van der Waals surface area contributed by atoms with Crippen LogP contribution in [0, 0.1) is 23.7 Å². The van der Waals surface area contributed by atoms with Gasteiger partial charge < -0.3 is 19.7 Å². The van der Waals surface area contributed by atoms with Crippen molar-refractivity contribution in [1.29, 1.82) is 0 Å². The summed E-state index contributed by atoms with van der Waals surface area (Å²) >= 11 is 0. The third-order valence-electron chi connectivity index (χ3n) is 5.84. The summed E-state index contributed by atoms with van der Waals surface area (Å²) in [6, 6.07) is -0.878. The Morgan fingerprint density at radius 2 is 1.96 bits per heavy atom. The van der Waals surface area contributed by atoms with E-state index in [-0.39, 0.29) is 23.8 Å². The first-order valence-corrected chi connectivity index (χ1v) is 9.70. The number of likely N-dealkylation sites (tertiary alicyclic amines) is 1. The molecule has 0 aromatic rings. The Kier molecular flexibility index (Phi) is 5.64. The second-order valence-electron chi connectivity index (χ2n) is 8.29. The number of carbonyl (C=O) groups excluding carboxylic acids is 3. The summed E-state index contributed by atoms with van der Waals surface area (Å²) in [5, 5.41) is 2.82. The maximum absolute atomic E-state index is 13.2. The van der Waals surface area contributed by atoms with E-state index in [0.29, 0.717) is 25.0 Å². The summed E-state index contributed by atoms with van der Waals surface area (Å²) in [6.45, 7) is 4.94. The van der Waals surface area contributed by atoms with Crippen LogP contribution in [0.3, 0.4) is 0 Å². The molecule has 0 spiro atoms. The smallest absolute Gasteiger partial charge is 0.407 e. The molecule has 3 fully saturated rings. The minimum Gasteiger partial charge on any atom is -0.449 e. The summed E-state index contributed by atoms with van der Waals surface area (Å²) in [5.74, 6) is 1.09. The van der Waals surface area contributed by atoms with Gasteiger partial charge in [-0.25, -0.2) is 4.79 Å². The number of hydrogen-bond acceptors (Lipinski definition) is 4. The number of carbonyl (C=O) groups is 3. The Morgan fingerprint density at radius 3 is 2.60 bits per heavy atom. The largest absolute Gasteiger partial charge is 0.449 e. The van der Waals surface area contributed by atoms with Crippen molar-refractivity contribution < 1.29 is 19.1 Å². The molecule has 0 aromatic carbocycles. The highest BCUT2D eigenvalue weighted by Gasteiger charge is 2.55. The van der Waals surface area contributed by atoms with Crippen LogP contribution in [0.1, 0.15) is 52.4 Å². The van der Waals surface area contributed by atoms with E-state index in [1.165, 1.54) is 6.42 Å². The Labute approximate surface area is 149 Å². The van der Waals surface area contributed by atoms with Gasteiger partial charge in [0.15, 0.2) is 0 Å². The van der Waals surface area contributed by atoms with Gasteiger partial charge in [0.05, 0.1) is 12.6 Å². The second kappa shape index (κ2) is 7.75. The van der Waals surface area contributed by atoms with Crippen molar-refractivity contribution in [2.24, 2.45) is 23.7 Å². The van der Waals surface area contributed by atoms with E-state index < -0.39 is 12.1 Å². The summed E-state index contributed by atoms with van der Waals surface area (Å²) in [5.41, 5.74) is 0. The maximum atomic E-state index is 13.2. The highest BCUT2D eigenvalue weighted by molar-refractivity contribution is 5.88. The lowest BCUT2D eigenvalue weighted by Crippen LogP contribution is -2.55. The van der Waals surface area contributed by atoms with Crippen molar-refractivity contribution >= 4 is 18.3 Å². The van der Waals surface area contributed by atoms with Gasteiger partial charge in [0.2, 0.25) is 5.91 Å². The molecule has 3 aliphatic rings. The second-order valence-corrected chi connectivity index (χ2v) is 8.29. The molecule has 0 aromatic heterocycles. The molecular formula is C19H30N2O4. The fourth-order valence-electron chi connectivity index (χ4n) is 4.35. The van der Waals surface area contributed by atoms with E-state index in [1.807, 2.05) is 13.8 Å². The van der Waals surface area contributed by atoms with Crippen molar-refractivity contribution in [3.05, 3.63) is 0 Å². The number of rotatable bonds is 6. The average molecular weight is 350 g/mol. The molecule has 6 nitrogen and oxygen atoms in total. The number of piperidine rings is 1.